The number of nitrogens with one attached hydrogen (secondary N) is 2. The molecule has 18 heavy (non-hydrogen) atoms. The van der Waals surface area contributed by atoms with E-state index in [9.17, 15) is 4.79 Å². The first-order valence-electron chi connectivity index (χ1n) is 6.52. The molecule has 1 aliphatic heterocycles. The molecule has 2 N–H and O–H groups in total. The predicted octanol–water partition coefficient (Wildman–Crippen LogP) is 1.69. The molecular weight excluding hydrogens is 228 g/mol. The Morgan fingerprint density at radius 1 is 1.39 bits per heavy atom. The van der Waals surface area contributed by atoms with E-state index in [4.69, 9.17) is 0 Å². The number of anilines is 1. The van der Waals surface area contributed by atoms with E-state index in [0.29, 0.717) is 6.54 Å². The number of carbonyl (C=O) groups is 1. The highest BCUT2D eigenvalue weighted by Crippen LogP contribution is 2.07. The Morgan fingerprint density at radius 3 is 2.94 bits per heavy atom. The zero-order chi connectivity index (χ0) is 12.6. The lowest BCUT2D eigenvalue weighted by atomic mass is 10.4. The molecule has 0 aliphatic carbocycles. The largest absolute Gasteiger partial charge is 0.338 e. The fourth-order valence-electron chi connectivity index (χ4n) is 2.12. The zero-order valence-electron chi connectivity index (χ0n) is 10.6. The predicted molar refractivity (Wildman–Crippen MR) is 71.5 cm³/mol. The molecule has 2 amide bonds. The molecule has 0 unspecified atom stereocenters. The average molecular weight is 248 g/mol. The summed E-state index contributed by atoms with van der Waals surface area (Å²) in [5, 5.41) is 5.59. The van der Waals surface area contributed by atoms with Gasteiger partial charge in [-0.2, -0.15) is 0 Å². The van der Waals surface area contributed by atoms with E-state index in [1.807, 2.05) is 6.07 Å². The smallest absolute Gasteiger partial charge is 0.319 e. The second-order valence-corrected chi connectivity index (χ2v) is 4.52. The molecule has 5 nitrogen and oxygen atoms in total. The first-order chi connectivity index (χ1) is 8.84. The summed E-state index contributed by atoms with van der Waals surface area (Å²) < 4.78 is 0. The number of amides is 2. The maximum absolute atomic E-state index is 11.5. The van der Waals surface area contributed by atoms with Gasteiger partial charge in [0.25, 0.3) is 0 Å². The Bertz CT molecular complexity index is 363. The Labute approximate surface area is 108 Å². The number of pyridine rings is 1. The van der Waals surface area contributed by atoms with Crippen LogP contribution in [0.3, 0.4) is 0 Å². The lowest BCUT2D eigenvalue weighted by Crippen LogP contribution is -2.31. The lowest BCUT2D eigenvalue weighted by molar-refractivity contribution is 0.251. The van der Waals surface area contributed by atoms with Crippen LogP contribution in [0.2, 0.25) is 0 Å². The maximum atomic E-state index is 11.5. The van der Waals surface area contributed by atoms with Gasteiger partial charge in [0.05, 0.1) is 11.9 Å². The average Bonchev–Trinajstić information content (AvgIpc) is 2.89. The zero-order valence-corrected chi connectivity index (χ0v) is 10.6. The molecule has 0 spiro atoms. The van der Waals surface area contributed by atoms with Crippen molar-refractivity contribution in [2.75, 3.05) is 31.5 Å². The van der Waals surface area contributed by atoms with Gasteiger partial charge in [0.15, 0.2) is 0 Å². The van der Waals surface area contributed by atoms with Crippen molar-refractivity contribution in [2.24, 2.45) is 0 Å². The standard InChI is InChI=1S/C13H20N4O/c18-13(16-12-5-3-6-14-11-12)15-7-4-10-17-8-1-2-9-17/h3,5-6,11H,1-2,4,7-10H2,(H2,15,16,18). The van der Waals surface area contributed by atoms with Crippen LogP contribution in [0, 0.1) is 0 Å². The second kappa shape index (κ2) is 6.96. The molecule has 0 bridgehead atoms. The number of carbonyl (C=O) groups excluding carboxylic acids is 1. The van der Waals surface area contributed by atoms with Crippen LogP contribution in [-0.2, 0) is 0 Å². The van der Waals surface area contributed by atoms with E-state index >= 15 is 0 Å². The molecule has 1 fully saturated rings. The Morgan fingerprint density at radius 2 is 2.22 bits per heavy atom. The van der Waals surface area contributed by atoms with Gasteiger partial charge in [-0.05, 0) is 51.0 Å². The summed E-state index contributed by atoms with van der Waals surface area (Å²) in [4.78, 5) is 17.9. The van der Waals surface area contributed by atoms with Crippen molar-refractivity contribution in [3.63, 3.8) is 0 Å². The highest BCUT2D eigenvalue weighted by molar-refractivity contribution is 5.88. The Hall–Kier alpha value is -1.62. The van der Waals surface area contributed by atoms with Crippen LogP contribution in [-0.4, -0.2) is 42.1 Å². The van der Waals surface area contributed by atoms with Crippen molar-refractivity contribution in [1.29, 1.82) is 0 Å². The number of aromatic nitrogens is 1. The normalized spacial score (nSPS) is 15.6. The summed E-state index contributed by atoms with van der Waals surface area (Å²) in [5.74, 6) is 0. The van der Waals surface area contributed by atoms with E-state index in [1.54, 1.807) is 18.5 Å². The first-order valence-corrected chi connectivity index (χ1v) is 6.52. The van der Waals surface area contributed by atoms with Gasteiger partial charge in [0, 0.05) is 12.7 Å². The quantitative estimate of drug-likeness (QED) is 0.780. The highest BCUT2D eigenvalue weighted by Gasteiger charge is 2.10. The van der Waals surface area contributed by atoms with Gasteiger partial charge in [-0.15, -0.1) is 0 Å². The number of likely N-dealkylation sites (tertiary alicyclic amines) is 1. The minimum Gasteiger partial charge on any atom is -0.338 e. The molecular formula is C13H20N4O. The third-order valence-corrected chi connectivity index (χ3v) is 3.05. The summed E-state index contributed by atoms with van der Waals surface area (Å²) in [6.45, 7) is 4.21. The van der Waals surface area contributed by atoms with Gasteiger partial charge in [0.2, 0.25) is 0 Å². The van der Waals surface area contributed by atoms with Gasteiger partial charge in [-0.1, -0.05) is 0 Å². The molecule has 0 aromatic carbocycles. The summed E-state index contributed by atoms with van der Waals surface area (Å²) in [6.07, 6.45) is 6.94. The molecule has 1 aromatic rings. The van der Waals surface area contributed by atoms with Gasteiger partial charge in [0.1, 0.15) is 0 Å². The molecule has 1 aromatic heterocycles. The number of hydrogen-bond donors (Lipinski definition) is 2. The molecule has 1 aliphatic rings. The Kier molecular flexibility index (Phi) is 4.96. The minimum absolute atomic E-state index is 0.163. The fourth-order valence-corrected chi connectivity index (χ4v) is 2.12. The molecule has 5 heteroatoms. The number of rotatable bonds is 5. The number of urea groups is 1. The summed E-state index contributed by atoms with van der Waals surface area (Å²) in [5.41, 5.74) is 0.717. The van der Waals surface area contributed by atoms with Gasteiger partial charge in [-0.3, -0.25) is 4.98 Å². The molecule has 1 saturated heterocycles. The van der Waals surface area contributed by atoms with Crippen LogP contribution in [0.5, 0.6) is 0 Å². The van der Waals surface area contributed by atoms with Crippen molar-refractivity contribution in [2.45, 2.75) is 19.3 Å². The monoisotopic (exact) mass is 248 g/mol. The van der Waals surface area contributed by atoms with Crippen molar-refractivity contribution >= 4 is 11.7 Å². The molecule has 2 rings (SSSR count). The van der Waals surface area contributed by atoms with Gasteiger partial charge < -0.3 is 15.5 Å². The van der Waals surface area contributed by atoms with Gasteiger partial charge >= 0.3 is 6.03 Å². The molecule has 0 saturated carbocycles. The lowest BCUT2D eigenvalue weighted by Gasteiger charge is -2.14. The summed E-state index contributed by atoms with van der Waals surface area (Å²) in [6, 6.07) is 3.45. The molecule has 0 atom stereocenters. The maximum Gasteiger partial charge on any atom is 0.319 e. The van der Waals surface area contributed by atoms with E-state index in [2.05, 4.69) is 20.5 Å². The van der Waals surface area contributed by atoms with E-state index in [0.717, 1.165) is 18.7 Å². The van der Waals surface area contributed by atoms with Crippen LogP contribution in [0.15, 0.2) is 24.5 Å². The number of nitrogens with zero attached hydrogens (tertiary/aromatic N) is 2. The van der Waals surface area contributed by atoms with Crippen molar-refractivity contribution in [3.05, 3.63) is 24.5 Å². The van der Waals surface area contributed by atoms with Crippen LogP contribution < -0.4 is 10.6 Å². The van der Waals surface area contributed by atoms with Crippen LogP contribution >= 0.6 is 0 Å². The van der Waals surface area contributed by atoms with Crippen LogP contribution in [0.4, 0.5) is 10.5 Å². The Balaban J connectivity index is 1.57. The number of hydrogen-bond acceptors (Lipinski definition) is 3. The van der Waals surface area contributed by atoms with Crippen molar-refractivity contribution in [1.82, 2.24) is 15.2 Å². The molecule has 0 radical (unpaired) electrons. The summed E-state index contributed by atoms with van der Waals surface area (Å²) >= 11 is 0. The topological polar surface area (TPSA) is 57.3 Å². The summed E-state index contributed by atoms with van der Waals surface area (Å²) in [7, 11) is 0. The van der Waals surface area contributed by atoms with Crippen molar-refractivity contribution in [3.8, 4) is 0 Å². The van der Waals surface area contributed by atoms with Crippen molar-refractivity contribution < 1.29 is 4.79 Å². The molecule has 2 heterocycles. The minimum atomic E-state index is -0.163. The third kappa shape index (κ3) is 4.33. The highest BCUT2D eigenvalue weighted by atomic mass is 16.2. The van der Waals surface area contributed by atoms with Crippen LogP contribution in [0.25, 0.3) is 0 Å². The van der Waals surface area contributed by atoms with E-state index in [-0.39, 0.29) is 6.03 Å². The fraction of sp³-hybridized carbons (Fsp3) is 0.538. The van der Waals surface area contributed by atoms with Gasteiger partial charge in [-0.25, -0.2) is 4.79 Å². The SMILES string of the molecule is O=C(NCCCN1CCCC1)Nc1cccnc1. The second-order valence-electron chi connectivity index (χ2n) is 4.52. The van der Waals surface area contributed by atoms with E-state index < -0.39 is 0 Å². The van der Waals surface area contributed by atoms with E-state index in [1.165, 1.54) is 25.9 Å². The molecule has 98 valence electrons. The third-order valence-electron chi connectivity index (χ3n) is 3.05. The van der Waals surface area contributed by atoms with Crippen LogP contribution in [0.1, 0.15) is 19.3 Å². The first kappa shape index (κ1) is 12.8.